The average Bonchev–Trinajstić information content (AvgIpc) is 2.35. The van der Waals surface area contributed by atoms with E-state index in [0.717, 1.165) is 30.3 Å². The van der Waals surface area contributed by atoms with Crippen LogP contribution in [-0.4, -0.2) is 29.7 Å². The first-order valence-electron chi connectivity index (χ1n) is 7.18. The van der Waals surface area contributed by atoms with E-state index in [0.29, 0.717) is 12.5 Å². The normalized spacial score (nSPS) is 14.4. The van der Waals surface area contributed by atoms with Gasteiger partial charge in [-0.1, -0.05) is 13.8 Å². The molecule has 4 nitrogen and oxygen atoms in total. The van der Waals surface area contributed by atoms with Gasteiger partial charge in [0.15, 0.2) is 5.82 Å². The molecule has 0 bridgehead atoms. The smallest absolute Gasteiger partial charge is 0.157 e. The van der Waals surface area contributed by atoms with E-state index in [-0.39, 0.29) is 6.10 Å². The van der Waals surface area contributed by atoms with Gasteiger partial charge in [0.25, 0.3) is 0 Å². The highest BCUT2D eigenvalue weighted by molar-refractivity contribution is 5.28. The molecule has 0 aliphatic rings. The van der Waals surface area contributed by atoms with E-state index in [1.165, 1.54) is 5.56 Å². The molecule has 0 spiro atoms. The van der Waals surface area contributed by atoms with E-state index in [1.807, 2.05) is 13.8 Å². The average molecular weight is 265 g/mol. The zero-order valence-corrected chi connectivity index (χ0v) is 13.1. The van der Waals surface area contributed by atoms with E-state index in [1.54, 1.807) is 0 Å². The molecule has 108 valence electrons. The molecule has 0 fully saturated rings. The predicted molar refractivity (Wildman–Crippen MR) is 78.5 cm³/mol. The van der Waals surface area contributed by atoms with Crippen molar-refractivity contribution in [2.75, 3.05) is 19.7 Å². The van der Waals surface area contributed by atoms with Crippen LogP contribution >= 0.6 is 0 Å². The molecule has 1 aromatic heterocycles. The second kappa shape index (κ2) is 7.56. The van der Waals surface area contributed by atoms with Gasteiger partial charge in [-0.05, 0) is 45.7 Å². The zero-order valence-electron chi connectivity index (χ0n) is 13.1. The van der Waals surface area contributed by atoms with Crippen LogP contribution in [0.2, 0.25) is 0 Å². The number of nitrogens with zero attached hydrogens (tertiary/aromatic N) is 2. The Hall–Kier alpha value is -1.00. The number of aryl methyl sites for hydroxylation is 2. The third kappa shape index (κ3) is 4.25. The Bertz CT molecular complexity index is 383. The topological polar surface area (TPSA) is 47.0 Å². The van der Waals surface area contributed by atoms with Crippen molar-refractivity contribution < 1.29 is 4.74 Å². The monoisotopic (exact) mass is 265 g/mol. The third-order valence-electron chi connectivity index (χ3n) is 3.32. The first-order chi connectivity index (χ1) is 9.01. The number of hydrogen-bond donors (Lipinski definition) is 1. The van der Waals surface area contributed by atoms with Gasteiger partial charge in [0, 0.05) is 24.5 Å². The van der Waals surface area contributed by atoms with Crippen molar-refractivity contribution in [3.8, 4) is 0 Å². The fourth-order valence-corrected chi connectivity index (χ4v) is 2.43. The van der Waals surface area contributed by atoms with Crippen molar-refractivity contribution in [1.82, 2.24) is 15.3 Å². The van der Waals surface area contributed by atoms with Gasteiger partial charge >= 0.3 is 0 Å². The highest BCUT2D eigenvalue weighted by Crippen LogP contribution is 2.23. The summed E-state index contributed by atoms with van der Waals surface area (Å²) < 4.78 is 5.57. The van der Waals surface area contributed by atoms with Crippen molar-refractivity contribution in [2.45, 2.75) is 53.6 Å². The summed E-state index contributed by atoms with van der Waals surface area (Å²) in [5.74, 6) is 1.22. The summed E-state index contributed by atoms with van der Waals surface area (Å²) in [6.45, 7) is 15.1. The zero-order chi connectivity index (χ0) is 14.4. The predicted octanol–water partition coefficient (Wildman–Crippen LogP) is 2.90. The molecule has 0 aliphatic carbocycles. The number of hydrogen-bond acceptors (Lipinski definition) is 4. The van der Waals surface area contributed by atoms with Crippen LogP contribution in [0.25, 0.3) is 0 Å². The summed E-state index contributed by atoms with van der Waals surface area (Å²) in [4.78, 5) is 9.24. The lowest BCUT2D eigenvalue weighted by Crippen LogP contribution is -2.22. The molecule has 4 heteroatoms. The Morgan fingerprint density at radius 2 is 1.68 bits per heavy atom. The maximum atomic E-state index is 5.57. The van der Waals surface area contributed by atoms with Gasteiger partial charge in [-0.15, -0.1) is 0 Å². The van der Waals surface area contributed by atoms with E-state index >= 15 is 0 Å². The quantitative estimate of drug-likeness (QED) is 0.823. The summed E-state index contributed by atoms with van der Waals surface area (Å²) in [5, 5.41) is 3.38. The minimum atomic E-state index is -0.0412. The maximum Gasteiger partial charge on any atom is 0.157 e. The highest BCUT2D eigenvalue weighted by atomic mass is 16.5. The lowest BCUT2D eigenvalue weighted by molar-refractivity contribution is 0.0697. The molecule has 1 aromatic rings. The highest BCUT2D eigenvalue weighted by Gasteiger charge is 2.17. The second-order valence-electron chi connectivity index (χ2n) is 4.97. The summed E-state index contributed by atoms with van der Waals surface area (Å²) >= 11 is 0. The Morgan fingerprint density at radius 1 is 1.11 bits per heavy atom. The number of ether oxygens (including phenoxy) is 1. The second-order valence-corrected chi connectivity index (χ2v) is 4.97. The number of likely N-dealkylation sites (N-methyl/N-ethyl adjacent to an activating group) is 1. The molecule has 0 saturated heterocycles. The minimum Gasteiger partial charge on any atom is -0.371 e. The lowest BCUT2D eigenvalue weighted by Gasteiger charge is -2.19. The van der Waals surface area contributed by atoms with Gasteiger partial charge in [0.2, 0.25) is 0 Å². The molecule has 1 rings (SSSR count). The van der Waals surface area contributed by atoms with E-state index in [2.05, 4.69) is 43.0 Å². The molecule has 0 saturated carbocycles. The van der Waals surface area contributed by atoms with Crippen molar-refractivity contribution in [2.24, 2.45) is 0 Å². The minimum absolute atomic E-state index is 0.0412. The molecule has 0 aromatic carbocycles. The van der Waals surface area contributed by atoms with Crippen LogP contribution in [0, 0.1) is 13.8 Å². The van der Waals surface area contributed by atoms with E-state index < -0.39 is 0 Å². The molecule has 0 amide bonds. The van der Waals surface area contributed by atoms with Gasteiger partial charge in [-0.2, -0.15) is 0 Å². The Balaban J connectivity index is 2.96. The fraction of sp³-hybridized carbons (Fsp3) is 0.733. The summed E-state index contributed by atoms with van der Waals surface area (Å²) in [7, 11) is 0. The number of aromatic nitrogens is 2. The van der Waals surface area contributed by atoms with Gasteiger partial charge in [0.1, 0.15) is 6.10 Å². The SMILES string of the molecule is CCNCC(C)c1c(C)nc(C(C)OCC)nc1C. The summed E-state index contributed by atoms with van der Waals surface area (Å²) in [6.07, 6.45) is -0.0412. The standard InChI is InChI=1S/C15H27N3O/c1-7-16-9-10(3)14-11(4)17-15(18-12(14)5)13(6)19-8-2/h10,13,16H,7-9H2,1-6H3. The summed E-state index contributed by atoms with van der Waals surface area (Å²) in [5.41, 5.74) is 3.40. The van der Waals surface area contributed by atoms with Crippen LogP contribution in [0.3, 0.4) is 0 Å². The first-order valence-corrected chi connectivity index (χ1v) is 7.18. The van der Waals surface area contributed by atoms with Crippen molar-refractivity contribution in [3.63, 3.8) is 0 Å². The van der Waals surface area contributed by atoms with Crippen LogP contribution in [0.1, 0.15) is 62.5 Å². The van der Waals surface area contributed by atoms with Crippen LogP contribution in [0.5, 0.6) is 0 Å². The van der Waals surface area contributed by atoms with Crippen molar-refractivity contribution in [3.05, 3.63) is 22.8 Å². The van der Waals surface area contributed by atoms with Gasteiger partial charge in [-0.3, -0.25) is 0 Å². The Labute approximate surface area is 117 Å². The van der Waals surface area contributed by atoms with Crippen LogP contribution in [-0.2, 0) is 4.74 Å². The van der Waals surface area contributed by atoms with Crippen molar-refractivity contribution >= 4 is 0 Å². The molecule has 0 radical (unpaired) electrons. The summed E-state index contributed by atoms with van der Waals surface area (Å²) in [6, 6.07) is 0. The van der Waals surface area contributed by atoms with E-state index in [9.17, 15) is 0 Å². The molecule has 1 N–H and O–H groups in total. The first kappa shape index (κ1) is 16.1. The van der Waals surface area contributed by atoms with Gasteiger partial charge in [0.05, 0.1) is 0 Å². The molecule has 19 heavy (non-hydrogen) atoms. The van der Waals surface area contributed by atoms with Crippen LogP contribution < -0.4 is 5.32 Å². The maximum absolute atomic E-state index is 5.57. The molecule has 0 aliphatic heterocycles. The fourth-order valence-electron chi connectivity index (χ4n) is 2.43. The Morgan fingerprint density at radius 3 is 2.16 bits per heavy atom. The largest absolute Gasteiger partial charge is 0.371 e. The Kier molecular flexibility index (Phi) is 6.38. The molecular formula is C15H27N3O. The molecular weight excluding hydrogens is 238 g/mol. The van der Waals surface area contributed by atoms with Crippen molar-refractivity contribution in [1.29, 1.82) is 0 Å². The van der Waals surface area contributed by atoms with Gasteiger partial charge in [-0.25, -0.2) is 9.97 Å². The van der Waals surface area contributed by atoms with Crippen LogP contribution in [0.4, 0.5) is 0 Å². The number of rotatable bonds is 7. The lowest BCUT2D eigenvalue weighted by atomic mass is 9.98. The molecule has 2 unspecified atom stereocenters. The number of nitrogens with one attached hydrogen (secondary N) is 1. The molecule has 2 atom stereocenters. The molecule has 1 heterocycles. The van der Waals surface area contributed by atoms with Gasteiger partial charge < -0.3 is 10.1 Å². The van der Waals surface area contributed by atoms with E-state index in [4.69, 9.17) is 4.74 Å². The van der Waals surface area contributed by atoms with Crippen LogP contribution in [0.15, 0.2) is 0 Å². The third-order valence-corrected chi connectivity index (χ3v) is 3.32.